The van der Waals surface area contributed by atoms with E-state index in [1.165, 1.54) is 17.8 Å². The van der Waals surface area contributed by atoms with E-state index in [1.807, 2.05) is 0 Å². The summed E-state index contributed by atoms with van der Waals surface area (Å²) in [6, 6.07) is 0.224. The third kappa shape index (κ3) is 7.06. The topological polar surface area (TPSA) is 207 Å². The molecule has 4 rings (SSSR count). The number of hydrogen-bond acceptors (Lipinski definition) is 12. The summed E-state index contributed by atoms with van der Waals surface area (Å²) in [7, 11) is -7.70. The standard InChI is InChI=1S/C19H30ClN5O10P2/c1-32-6-7-33-37(31,10-36(28,29)30)34-9-13-14(26)15(27)16(35-13)12-8-21-18-17(22-11-4-2-3-5-11)23-19(20)24-25(12)18/h8,11,13-16,26-27H,2-7,9-10H2,1H3,(H,22,23,24)(H2,28,29,30)/t13-,14-,15-,16+,37?/m1/s1. The molecule has 2 aromatic heterocycles. The molecular weight excluding hydrogens is 556 g/mol. The fourth-order valence-corrected chi connectivity index (χ4v) is 7.77. The van der Waals surface area contributed by atoms with Crippen LogP contribution in [0.15, 0.2) is 6.20 Å². The van der Waals surface area contributed by atoms with E-state index in [1.54, 1.807) is 0 Å². The minimum absolute atomic E-state index is 0.00808. The van der Waals surface area contributed by atoms with Crippen molar-refractivity contribution in [3.8, 4) is 0 Å². The van der Waals surface area contributed by atoms with Crippen molar-refractivity contribution in [3.05, 3.63) is 17.2 Å². The largest absolute Gasteiger partial charge is 0.387 e. The second-order valence-electron chi connectivity index (χ2n) is 8.89. The first-order chi connectivity index (χ1) is 17.5. The number of nitrogens with one attached hydrogen (secondary N) is 1. The number of ether oxygens (including phenoxy) is 2. The summed E-state index contributed by atoms with van der Waals surface area (Å²) in [4.78, 5) is 27.2. The van der Waals surface area contributed by atoms with Crippen LogP contribution in [0.4, 0.5) is 5.82 Å². The van der Waals surface area contributed by atoms with Crippen LogP contribution in [0.25, 0.3) is 5.65 Å². The lowest BCUT2D eigenvalue weighted by atomic mass is 10.1. The Hall–Kier alpha value is -1.22. The van der Waals surface area contributed by atoms with Gasteiger partial charge in [0.25, 0.3) is 0 Å². The molecule has 0 spiro atoms. The summed E-state index contributed by atoms with van der Waals surface area (Å²) in [5.41, 5.74) is 0.631. The fraction of sp³-hybridized carbons (Fsp3) is 0.737. The minimum Gasteiger partial charge on any atom is -0.387 e. The average molecular weight is 586 g/mol. The number of aliphatic hydroxyl groups is 2. The van der Waals surface area contributed by atoms with E-state index in [0.29, 0.717) is 11.5 Å². The van der Waals surface area contributed by atoms with Gasteiger partial charge in [-0.1, -0.05) is 12.8 Å². The van der Waals surface area contributed by atoms with E-state index in [2.05, 4.69) is 20.4 Å². The Kier molecular flexibility index (Phi) is 9.25. The molecule has 0 aromatic carbocycles. The van der Waals surface area contributed by atoms with Crippen LogP contribution in [0, 0.1) is 0 Å². The molecule has 0 bridgehead atoms. The van der Waals surface area contributed by atoms with Crippen molar-refractivity contribution >= 4 is 38.3 Å². The molecule has 1 saturated heterocycles. The van der Waals surface area contributed by atoms with E-state index >= 15 is 0 Å². The second-order valence-corrected chi connectivity index (χ2v) is 13.4. The van der Waals surface area contributed by atoms with Crippen LogP contribution in [-0.2, 0) is 27.7 Å². The van der Waals surface area contributed by atoms with Gasteiger partial charge in [-0.3, -0.25) is 9.13 Å². The number of fused-ring (bicyclic) bond motifs is 1. The Balaban J connectivity index is 1.50. The third-order valence-corrected chi connectivity index (χ3v) is 10.2. The van der Waals surface area contributed by atoms with E-state index in [0.717, 1.165) is 25.7 Å². The van der Waals surface area contributed by atoms with E-state index in [9.17, 15) is 29.1 Å². The second kappa shape index (κ2) is 11.9. The zero-order chi connectivity index (χ0) is 26.8. The Morgan fingerprint density at radius 2 is 1.92 bits per heavy atom. The van der Waals surface area contributed by atoms with Crippen molar-refractivity contribution in [3.63, 3.8) is 0 Å². The molecule has 3 heterocycles. The lowest BCUT2D eigenvalue weighted by Crippen LogP contribution is -2.33. The summed E-state index contributed by atoms with van der Waals surface area (Å²) < 4.78 is 46.6. The average Bonchev–Trinajstić information content (AvgIpc) is 3.53. The molecule has 0 radical (unpaired) electrons. The molecule has 1 aliphatic carbocycles. The number of aliphatic hydroxyl groups excluding tert-OH is 2. The molecule has 1 unspecified atom stereocenters. The summed E-state index contributed by atoms with van der Waals surface area (Å²) >= 11 is 6.14. The molecule has 5 atom stereocenters. The number of aromatic nitrogens is 4. The predicted octanol–water partition coefficient (Wildman–Crippen LogP) is 1.30. The highest BCUT2D eigenvalue weighted by Crippen LogP contribution is 2.59. The van der Waals surface area contributed by atoms with Gasteiger partial charge < -0.3 is 43.8 Å². The quantitative estimate of drug-likeness (QED) is 0.176. The maximum absolute atomic E-state index is 12.9. The molecule has 208 valence electrons. The van der Waals surface area contributed by atoms with Crippen LogP contribution in [0.5, 0.6) is 0 Å². The first-order valence-electron chi connectivity index (χ1n) is 11.6. The third-order valence-electron chi connectivity index (χ3n) is 6.08. The lowest BCUT2D eigenvalue weighted by Gasteiger charge is -2.22. The van der Waals surface area contributed by atoms with Crippen LogP contribution in [-0.4, -0.2) is 96.8 Å². The minimum atomic E-state index is -4.78. The molecule has 15 nitrogen and oxygen atoms in total. The molecule has 1 saturated carbocycles. The van der Waals surface area contributed by atoms with Crippen molar-refractivity contribution in [2.45, 2.75) is 56.1 Å². The zero-order valence-corrected chi connectivity index (χ0v) is 22.5. The monoisotopic (exact) mass is 585 g/mol. The van der Waals surface area contributed by atoms with Crippen molar-refractivity contribution in [1.29, 1.82) is 0 Å². The van der Waals surface area contributed by atoms with Crippen LogP contribution >= 0.6 is 26.8 Å². The van der Waals surface area contributed by atoms with Gasteiger partial charge in [-0.05, 0) is 24.4 Å². The highest BCUT2D eigenvalue weighted by atomic mass is 35.5. The molecule has 5 N–H and O–H groups in total. The van der Waals surface area contributed by atoms with Gasteiger partial charge in [0, 0.05) is 13.2 Å². The maximum Gasteiger partial charge on any atom is 0.342 e. The number of imidazole rings is 1. The molecule has 2 aliphatic rings. The van der Waals surface area contributed by atoms with Gasteiger partial charge in [0.2, 0.25) is 5.28 Å². The number of anilines is 1. The Morgan fingerprint density at radius 1 is 1.19 bits per heavy atom. The van der Waals surface area contributed by atoms with Crippen molar-refractivity contribution < 1.29 is 47.7 Å². The van der Waals surface area contributed by atoms with Gasteiger partial charge in [-0.25, -0.2) is 9.50 Å². The molecule has 37 heavy (non-hydrogen) atoms. The van der Waals surface area contributed by atoms with Gasteiger partial charge in [0.05, 0.1) is 31.7 Å². The van der Waals surface area contributed by atoms with Gasteiger partial charge in [0.15, 0.2) is 17.4 Å². The molecule has 2 fully saturated rings. The van der Waals surface area contributed by atoms with Crippen LogP contribution in [0.3, 0.4) is 0 Å². The number of halogens is 1. The number of methoxy groups -OCH3 is 1. The summed E-state index contributed by atoms with van der Waals surface area (Å²) in [5, 5.41) is 28.7. The molecule has 18 heteroatoms. The normalized spacial score (nSPS) is 26.6. The summed E-state index contributed by atoms with van der Waals surface area (Å²) in [5.74, 6) is -0.740. The van der Waals surface area contributed by atoms with Gasteiger partial charge in [0.1, 0.15) is 24.4 Å². The van der Waals surface area contributed by atoms with Crippen molar-refractivity contribution in [2.24, 2.45) is 0 Å². The van der Waals surface area contributed by atoms with Crippen LogP contribution in [0.2, 0.25) is 5.28 Å². The number of nitrogens with zero attached hydrogens (tertiary/aromatic N) is 4. The maximum atomic E-state index is 12.9. The van der Waals surface area contributed by atoms with E-state index in [-0.39, 0.29) is 30.2 Å². The Morgan fingerprint density at radius 3 is 2.59 bits per heavy atom. The Labute approximate surface area is 217 Å². The van der Waals surface area contributed by atoms with Crippen molar-refractivity contribution in [2.75, 3.05) is 38.2 Å². The summed E-state index contributed by atoms with van der Waals surface area (Å²) in [6.45, 7) is -0.819. The van der Waals surface area contributed by atoms with Gasteiger partial charge >= 0.3 is 15.2 Å². The first kappa shape index (κ1) is 28.8. The fourth-order valence-electron chi connectivity index (χ4n) is 4.35. The molecule has 2 aromatic rings. The first-order valence-corrected chi connectivity index (χ1v) is 15.5. The van der Waals surface area contributed by atoms with Crippen LogP contribution < -0.4 is 5.32 Å². The zero-order valence-electron chi connectivity index (χ0n) is 19.9. The Bertz CT molecular complexity index is 1180. The van der Waals surface area contributed by atoms with Gasteiger partial charge in [-0.2, -0.15) is 4.98 Å². The SMILES string of the molecule is COCCOP(=O)(CP(=O)(O)O)OC[C@H]1O[C@@H](c2cnc3c(NC4CCCC4)nc(Cl)nn23)[C@H](O)[C@@H]1O. The number of rotatable bonds is 12. The number of hydrogen-bond donors (Lipinski definition) is 5. The highest BCUT2D eigenvalue weighted by molar-refractivity contribution is 7.70. The van der Waals surface area contributed by atoms with Crippen LogP contribution in [0.1, 0.15) is 37.5 Å². The molecular formula is C19H30ClN5O10P2. The van der Waals surface area contributed by atoms with E-state index in [4.69, 9.17) is 30.1 Å². The lowest BCUT2D eigenvalue weighted by molar-refractivity contribution is -0.0220. The van der Waals surface area contributed by atoms with Gasteiger partial charge in [-0.15, -0.1) is 5.10 Å². The smallest absolute Gasteiger partial charge is 0.342 e. The van der Waals surface area contributed by atoms with E-state index < -0.39 is 52.1 Å². The predicted molar refractivity (Wildman–Crippen MR) is 130 cm³/mol. The highest BCUT2D eigenvalue weighted by Gasteiger charge is 2.46. The molecule has 1 aliphatic heterocycles. The van der Waals surface area contributed by atoms with Crippen molar-refractivity contribution in [1.82, 2.24) is 19.6 Å². The summed E-state index contributed by atoms with van der Waals surface area (Å²) in [6.07, 6.45) is 0.311. The molecule has 0 amide bonds.